The van der Waals surface area contributed by atoms with E-state index in [-0.39, 0.29) is 12.1 Å². The SMILES string of the molecule is C#Cc1ccc(-c2cnc([C@@H]3C=C(C4CC4)CN3C(=O)OC(C)(C)C)[nH]2)cc1. The van der Waals surface area contributed by atoms with Crippen molar-refractivity contribution in [2.45, 2.75) is 45.3 Å². The third-order valence-electron chi connectivity index (χ3n) is 5.03. The number of benzene rings is 1. The maximum Gasteiger partial charge on any atom is 0.411 e. The van der Waals surface area contributed by atoms with Crippen LogP contribution in [0, 0.1) is 18.3 Å². The zero-order valence-corrected chi connectivity index (χ0v) is 16.5. The zero-order valence-electron chi connectivity index (χ0n) is 16.5. The maximum absolute atomic E-state index is 12.8. The molecule has 1 atom stereocenters. The Morgan fingerprint density at radius 3 is 2.61 bits per heavy atom. The number of rotatable bonds is 3. The Morgan fingerprint density at radius 1 is 1.29 bits per heavy atom. The Hall–Kier alpha value is -3.00. The molecule has 2 aromatic rings. The molecule has 1 saturated carbocycles. The topological polar surface area (TPSA) is 58.2 Å². The first-order valence-corrected chi connectivity index (χ1v) is 9.66. The lowest BCUT2D eigenvalue weighted by molar-refractivity contribution is 0.0231. The van der Waals surface area contributed by atoms with Crippen LogP contribution in [0.1, 0.15) is 51.0 Å². The molecule has 5 heteroatoms. The second-order valence-electron chi connectivity index (χ2n) is 8.47. The highest BCUT2D eigenvalue weighted by Crippen LogP contribution is 2.43. The number of amides is 1. The molecule has 1 amide bonds. The average molecular weight is 375 g/mol. The minimum absolute atomic E-state index is 0.232. The largest absolute Gasteiger partial charge is 0.444 e. The monoisotopic (exact) mass is 375 g/mol. The van der Waals surface area contributed by atoms with Crippen LogP contribution in [0.25, 0.3) is 11.3 Å². The Labute approximate surface area is 165 Å². The molecule has 0 saturated heterocycles. The fourth-order valence-electron chi connectivity index (χ4n) is 3.46. The highest BCUT2D eigenvalue weighted by molar-refractivity contribution is 5.71. The number of nitrogens with one attached hydrogen (secondary N) is 1. The van der Waals surface area contributed by atoms with E-state index in [0.717, 1.165) is 22.6 Å². The normalized spacial score (nSPS) is 19.3. The van der Waals surface area contributed by atoms with Crippen molar-refractivity contribution in [3.8, 4) is 23.6 Å². The number of carbonyl (C=O) groups is 1. The minimum atomic E-state index is -0.531. The van der Waals surface area contributed by atoms with Gasteiger partial charge in [0.1, 0.15) is 17.5 Å². The molecule has 2 heterocycles. The smallest absolute Gasteiger partial charge is 0.411 e. The minimum Gasteiger partial charge on any atom is -0.444 e. The summed E-state index contributed by atoms with van der Waals surface area (Å²) >= 11 is 0. The lowest BCUT2D eigenvalue weighted by atomic mass is 10.1. The van der Waals surface area contributed by atoms with Gasteiger partial charge in [-0.3, -0.25) is 4.90 Å². The van der Waals surface area contributed by atoms with Gasteiger partial charge in [0.25, 0.3) is 0 Å². The van der Waals surface area contributed by atoms with Gasteiger partial charge in [-0.1, -0.05) is 24.1 Å². The van der Waals surface area contributed by atoms with Crippen molar-refractivity contribution in [2.75, 3.05) is 6.54 Å². The Balaban J connectivity index is 1.60. The number of nitrogens with zero attached hydrogens (tertiary/aromatic N) is 2. The van der Waals surface area contributed by atoms with Crippen molar-refractivity contribution in [1.29, 1.82) is 0 Å². The van der Waals surface area contributed by atoms with Gasteiger partial charge >= 0.3 is 6.09 Å². The number of ether oxygens (including phenoxy) is 1. The molecule has 1 aliphatic carbocycles. The summed E-state index contributed by atoms with van der Waals surface area (Å²) in [5.74, 6) is 3.97. The van der Waals surface area contributed by atoms with Crippen LogP contribution in [0.2, 0.25) is 0 Å². The summed E-state index contributed by atoms with van der Waals surface area (Å²) in [5.41, 5.74) is 3.53. The van der Waals surface area contributed by atoms with Crippen molar-refractivity contribution in [3.05, 3.63) is 53.5 Å². The summed E-state index contributed by atoms with van der Waals surface area (Å²) < 4.78 is 5.63. The third-order valence-corrected chi connectivity index (χ3v) is 5.03. The van der Waals surface area contributed by atoms with E-state index in [2.05, 4.69) is 22.0 Å². The van der Waals surface area contributed by atoms with Gasteiger partial charge in [-0.25, -0.2) is 9.78 Å². The fourth-order valence-corrected chi connectivity index (χ4v) is 3.46. The molecule has 1 N–H and O–H groups in total. The van der Waals surface area contributed by atoms with Crippen LogP contribution in [0.5, 0.6) is 0 Å². The lowest BCUT2D eigenvalue weighted by Crippen LogP contribution is -2.37. The van der Waals surface area contributed by atoms with Crippen molar-refractivity contribution in [3.63, 3.8) is 0 Å². The highest BCUT2D eigenvalue weighted by Gasteiger charge is 2.39. The Bertz CT molecular complexity index is 953. The van der Waals surface area contributed by atoms with Gasteiger partial charge in [0.15, 0.2) is 0 Å². The molecule has 1 fully saturated rings. The molecule has 1 aliphatic heterocycles. The summed E-state index contributed by atoms with van der Waals surface area (Å²) in [4.78, 5) is 22.5. The first-order chi connectivity index (χ1) is 13.3. The van der Waals surface area contributed by atoms with Crippen LogP contribution >= 0.6 is 0 Å². The van der Waals surface area contributed by atoms with Crippen molar-refractivity contribution < 1.29 is 9.53 Å². The molecule has 144 valence electrons. The Morgan fingerprint density at radius 2 is 2.00 bits per heavy atom. The quantitative estimate of drug-likeness (QED) is 0.626. The van der Waals surface area contributed by atoms with Crippen LogP contribution in [-0.4, -0.2) is 33.1 Å². The van der Waals surface area contributed by atoms with Crippen molar-refractivity contribution >= 4 is 6.09 Å². The first-order valence-electron chi connectivity index (χ1n) is 9.66. The number of hydrogen-bond acceptors (Lipinski definition) is 3. The van der Waals surface area contributed by atoms with Gasteiger partial charge in [0.2, 0.25) is 0 Å². The molecule has 1 aromatic heterocycles. The van der Waals surface area contributed by atoms with E-state index in [1.165, 1.54) is 18.4 Å². The summed E-state index contributed by atoms with van der Waals surface area (Å²) in [5, 5.41) is 0. The predicted octanol–water partition coefficient (Wildman–Crippen LogP) is 4.69. The average Bonchev–Trinajstić information content (AvgIpc) is 3.21. The van der Waals surface area contributed by atoms with E-state index in [9.17, 15) is 4.79 Å². The molecule has 5 nitrogen and oxygen atoms in total. The summed E-state index contributed by atoms with van der Waals surface area (Å²) in [6, 6.07) is 7.52. The number of terminal acetylenes is 1. The van der Waals surface area contributed by atoms with Gasteiger partial charge in [-0.15, -0.1) is 6.42 Å². The number of carbonyl (C=O) groups excluding carboxylic acids is 1. The van der Waals surface area contributed by atoms with E-state index in [1.807, 2.05) is 45.0 Å². The molecule has 0 unspecified atom stereocenters. The van der Waals surface area contributed by atoms with Crippen molar-refractivity contribution in [2.24, 2.45) is 5.92 Å². The zero-order chi connectivity index (χ0) is 19.9. The number of H-pyrrole nitrogens is 1. The molecule has 2 aliphatic rings. The van der Waals surface area contributed by atoms with Crippen LogP contribution in [0.3, 0.4) is 0 Å². The summed E-state index contributed by atoms with van der Waals surface area (Å²) in [6.07, 6.45) is 11.5. The molecule has 0 bridgehead atoms. The molecule has 28 heavy (non-hydrogen) atoms. The fraction of sp³-hybridized carbons (Fsp3) is 0.391. The first kappa shape index (κ1) is 18.4. The molecule has 4 rings (SSSR count). The third kappa shape index (κ3) is 3.82. The number of aromatic nitrogens is 2. The molecular weight excluding hydrogens is 350 g/mol. The number of hydrogen-bond donors (Lipinski definition) is 1. The van der Waals surface area contributed by atoms with Crippen LogP contribution in [0.4, 0.5) is 4.79 Å². The number of aromatic amines is 1. The van der Waals surface area contributed by atoms with Crippen LogP contribution in [0.15, 0.2) is 42.1 Å². The van der Waals surface area contributed by atoms with Gasteiger partial charge in [-0.2, -0.15) is 0 Å². The van der Waals surface area contributed by atoms with E-state index in [1.54, 1.807) is 11.1 Å². The van der Waals surface area contributed by atoms with Crippen LogP contribution in [-0.2, 0) is 4.74 Å². The summed E-state index contributed by atoms with van der Waals surface area (Å²) in [7, 11) is 0. The second-order valence-corrected chi connectivity index (χ2v) is 8.47. The summed E-state index contributed by atoms with van der Waals surface area (Å²) in [6.45, 7) is 6.26. The number of imidazole rings is 1. The van der Waals surface area contributed by atoms with Gasteiger partial charge in [0.05, 0.1) is 11.9 Å². The standard InChI is InChI=1S/C23H25N3O2/c1-5-15-6-8-17(9-7-15)19-13-24-21(25-19)20-12-18(16-10-11-16)14-26(20)22(27)28-23(2,3)4/h1,6-9,12-13,16,20H,10-11,14H2,2-4H3,(H,24,25)/t20-/m0/s1. The lowest BCUT2D eigenvalue weighted by Gasteiger charge is -2.28. The second kappa shape index (κ2) is 6.87. The van der Waals surface area contributed by atoms with E-state index in [0.29, 0.717) is 12.5 Å². The van der Waals surface area contributed by atoms with E-state index >= 15 is 0 Å². The molecule has 1 aromatic carbocycles. The van der Waals surface area contributed by atoms with E-state index in [4.69, 9.17) is 11.2 Å². The van der Waals surface area contributed by atoms with Crippen molar-refractivity contribution in [1.82, 2.24) is 14.9 Å². The van der Waals surface area contributed by atoms with Crippen LogP contribution < -0.4 is 0 Å². The maximum atomic E-state index is 12.8. The molecule has 0 spiro atoms. The molecule has 0 radical (unpaired) electrons. The molecular formula is C23H25N3O2. The highest BCUT2D eigenvalue weighted by atomic mass is 16.6. The van der Waals surface area contributed by atoms with Gasteiger partial charge < -0.3 is 9.72 Å². The van der Waals surface area contributed by atoms with E-state index < -0.39 is 5.60 Å². The predicted molar refractivity (Wildman–Crippen MR) is 108 cm³/mol. The van der Waals surface area contributed by atoms with Gasteiger partial charge in [-0.05, 0) is 62.8 Å². The van der Waals surface area contributed by atoms with Gasteiger partial charge in [0, 0.05) is 12.1 Å². The Kier molecular flexibility index (Phi) is 4.50.